The molecule has 1 atom stereocenters. The van der Waals surface area contributed by atoms with Crippen molar-refractivity contribution in [1.29, 1.82) is 0 Å². The van der Waals surface area contributed by atoms with Crippen molar-refractivity contribution in [2.24, 2.45) is 0 Å². The highest BCUT2D eigenvalue weighted by Gasteiger charge is 2.42. The molecule has 0 aromatic heterocycles. The molecule has 4 aromatic carbocycles. The minimum atomic E-state index is -5.08. The number of hydrogen-bond acceptors (Lipinski definition) is 4. The lowest BCUT2D eigenvalue weighted by Crippen LogP contribution is -2.31. The molecule has 0 aliphatic rings. The monoisotopic (exact) mass is 671 g/mol. The highest BCUT2D eigenvalue weighted by atomic mass is 35.5. The van der Waals surface area contributed by atoms with E-state index in [4.69, 9.17) is 16.3 Å². The van der Waals surface area contributed by atoms with E-state index >= 15 is 0 Å². The minimum absolute atomic E-state index is 0.00198. The molecule has 3 nitrogen and oxygen atoms in total. The van der Waals surface area contributed by atoms with Gasteiger partial charge in [-0.25, -0.2) is 4.39 Å². The summed E-state index contributed by atoms with van der Waals surface area (Å²) in [7, 11) is 0. The molecule has 0 aliphatic carbocycles. The maximum Gasteiger partial charge on any atom is 0.418 e. The molecule has 0 saturated heterocycles. The highest BCUT2D eigenvalue weighted by molar-refractivity contribution is 7.80. The molecule has 0 amide bonds. The van der Waals surface area contributed by atoms with Crippen molar-refractivity contribution in [2.75, 3.05) is 19.7 Å². The van der Waals surface area contributed by atoms with Crippen LogP contribution in [0.5, 0.6) is 5.75 Å². The van der Waals surface area contributed by atoms with Gasteiger partial charge in [-0.05, 0) is 35.2 Å². The molecular weight excluding hydrogens is 643 g/mol. The van der Waals surface area contributed by atoms with Gasteiger partial charge in [0.15, 0.2) is 6.10 Å². The van der Waals surface area contributed by atoms with Crippen molar-refractivity contribution in [3.8, 4) is 5.75 Å². The maximum atomic E-state index is 14.5. The number of ether oxygens (including phenoxy) is 1. The summed E-state index contributed by atoms with van der Waals surface area (Å²) < 4.78 is 99.7. The van der Waals surface area contributed by atoms with E-state index in [1.165, 1.54) is 12.1 Å². The first-order chi connectivity index (χ1) is 21.3. The van der Waals surface area contributed by atoms with Crippen molar-refractivity contribution >= 4 is 24.2 Å². The number of aliphatic hydroxyl groups is 1. The van der Waals surface area contributed by atoms with E-state index in [0.717, 1.165) is 29.3 Å². The fourth-order valence-electron chi connectivity index (χ4n) is 5.00. The molecule has 4 rings (SSSR count). The lowest BCUT2D eigenvalue weighted by Gasteiger charge is -2.29. The first kappa shape index (κ1) is 34.6. The largest absolute Gasteiger partial charge is 0.493 e. The Morgan fingerprint density at radius 2 is 1.44 bits per heavy atom. The van der Waals surface area contributed by atoms with Gasteiger partial charge in [0.25, 0.3) is 0 Å². The number of benzene rings is 4. The number of rotatable bonds is 12. The van der Waals surface area contributed by atoms with Crippen LogP contribution in [-0.4, -0.2) is 35.9 Å². The molecule has 45 heavy (non-hydrogen) atoms. The molecule has 1 N–H and O–H groups in total. The summed E-state index contributed by atoms with van der Waals surface area (Å²) in [5.41, 5.74) is 0.343. The van der Waals surface area contributed by atoms with Crippen LogP contribution in [0.4, 0.5) is 30.7 Å². The molecule has 0 bridgehead atoms. The van der Waals surface area contributed by atoms with Gasteiger partial charge in [-0.3, -0.25) is 4.90 Å². The SMILES string of the molecule is OC(c1c(F)cc(OCCCN(Cc2cccc(C(F)(F)F)c2Cl)CC(c2ccccc2)c2ccccc2)cc1S)C(F)(F)F. The lowest BCUT2D eigenvalue weighted by molar-refractivity contribution is -0.208. The Hall–Kier alpha value is -3.25. The summed E-state index contributed by atoms with van der Waals surface area (Å²) >= 11 is 10.1. The number of alkyl halides is 6. The molecule has 0 radical (unpaired) electrons. The van der Waals surface area contributed by atoms with Crippen LogP contribution in [0.15, 0.2) is 95.9 Å². The summed E-state index contributed by atoms with van der Waals surface area (Å²) in [6.45, 7) is 0.810. The predicted octanol–water partition coefficient (Wildman–Crippen LogP) is 9.49. The number of aliphatic hydroxyl groups excluding tert-OH is 1. The third-order valence-corrected chi connectivity index (χ3v) is 7.99. The predicted molar refractivity (Wildman–Crippen MR) is 161 cm³/mol. The van der Waals surface area contributed by atoms with Crippen LogP contribution in [0.1, 0.15) is 46.3 Å². The fraction of sp³-hybridized carbons (Fsp3) is 0.273. The standard InChI is InChI=1S/C33H29ClF7NO2S/c34-30-23(13-7-14-26(30)32(36,37)38)19-42(20-25(21-9-3-1-4-10-21)22-11-5-2-6-12-22)15-8-16-44-24-17-27(35)29(28(45)18-24)31(43)33(39,40)41/h1-7,9-14,17-18,25,31,43,45H,8,15-16,19-20H2. The lowest BCUT2D eigenvalue weighted by atomic mass is 9.90. The smallest absolute Gasteiger partial charge is 0.418 e. The Kier molecular flexibility index (Phi) is 11.5. The normalized spacial score (nSPS) is 13.0. The fourth-order valence-corrected chi connectivity index (χ4v) is 5.65. The van der Waals surface area contributed by atoms with E-state index in [-0.39, 0.29) is 35.4 Å². The summed E-state index contributed by atoms with van der Waals surface area (Å²) in [6, 6.07) is 24.9. The molecule has 0 heterocycles. The molecule has 0 aliphatic heterocycles. The van der Waals surface area contributed by atoms with Crippen LogP contribution in [-0.2, 0) is 12.7 Å². The number of thiol groups is 1. The molecule has 4 aromatic rings. The quantitative estimate of drug-likeness (QED) is 0.0894. The second kappa shape index (κ2) is 14.9. The molecule has 12 heteroatoms. The van der Waals surface area contributed by atoms with Crippen molar-refractivity contribution in [2.45, 2.75) is 42.2 Å². The Labute approximate surface area is 266 Å². The first-order valence-electron chi connectivity index (χ1n) is 13.8. The Morgan fingerprint density at radius 1 is 0.844 bits per heavy atom. The van der Waals surface area contributed by atoms with E-state index in [1.807, 2.05) is 65.6 Å². The van der Waals surface area contributed by atoms with E-state index in [9.17, 15) is 35.8 Å². The van der Waals surface area contributed by atoms with Crippen LogP contribution in [0.3, 0.4) is 0 Å². The zero-order valence-corrected chi connectivity index (χ0v) is 25.3. The van der Waals surface area contributed by atoms with E-state index < -0.39 is 40.3 Å². The topological polar surface area (TPSA) is 32.7 Å². The Balaban J connectivity index is 1.55. The van der Waals surface area contributed by atoms with Crippen LogP contribution in [0, 0.1) is 5.82 Å². The average Bonchev–Trinajstić information content (AvgIpc) is 2.98. The summed E-state index contributed by atoms with van der Waals surface area (Å²) in [5.74, 6) is -1.56. The Morgan fingerprint density at radius 3 is 1.98 bits per heavy atom. The van der Waals surface area contributed by atoms with Gasteiger partial charge in [-0.15, -0.1) is 12.6 Å². The van der Waals surface area contributed by atoms with Crippen LogP contribution >= 0.6 is 24.2 Å². The number of hydrogen-bond donors (Lipinski definition) is 2. The average molecular weight is 672 g/mol. The maximum absolute atomic E-state index is 14.5. The third-order valence-electron chi connectivity index (χ3n) is 7.17. The summed E-state index contributed by atoms with van der Waals surface area (Å²) in [6.07, 6.45) is -12.4. The van der Waals surface area contributed by atoms with Gasteiger partial charge in [-0.2, -0.15) is 26.3 Å². The number of halogens is 8. The molecule has 0 saturated carbocycles. The van der Waals surface area contributed by atoms with Gasteiger partial charge in [0.1, 0.15) is 11.6 Å². The molecule has 0 spiro atoms. The summed E-state index contributed by atoms with van der Waals surface area (Å²) in [4.78, 5) is 1.52. The highest BCUT2D eigenvalue weighted by Crippen LogP contribution is 2.39. The molecule has 1 unspecified atom stereocenters. The second-order valence-corrected chi connectivity index (χ2v) is 11.2. The minimum Gasteiger partial charge on any atom is -0.493 e. The van der Waals surface area contributed by atoms with E-state index in [0.29, 0.717) is 19.5 Å². The molecular formula is C33H29ClF7NO2S. The van der Waals surface area contributed by atoms with Gasteiger partial charge >= 0.3 is 12.4 Å². The van der Waals surface area contributed by atoms with Crippen molar-refractivity contribution in [3.63, 3.8) is 0 Å². The molecule has 0 fully saturated rings. The zero-order chi connectivity index (χ0) is 32.8. The number of nitrogens with zero attached hydrogens (tertiary/aromatic N) is 1. The van der Waals surface area contributed by atoms with Crippen LogP contribution < -0.4 is 4.74 Å². The van der Waals surface area contributed by atoms with E-state index in [2.05, 4.69) is 12.6 Å². The first-order valence-corrected chi connectivity index (χ1v) is 14.6. The van der Waals surface area contributed by atoms with Crippen LogP contribution in [0.2, 0.25) is 5.02 Å². The Bertz CT molecular complexity index is 1490. The van der Waals surface area contributed by atoms with Gasteiger partial charge < -0.3 is 9.84 Å². The van der Waals surface area contributed by atoms with Crippen molar-refractivity contribution < 1.29 is 40.6 Å². The van der Waals surface area contributed by atoms with E-state index in [1.54, 1.807) is 0 Å². The van der Waals surface area contributed by atoms with Crippen molar-refractivity contribution in [1.82, 2.24) is 4.90 Å². The van der Waals surface area contributed by atoms with Gasteiger partial charge in [0.05, 0.1) is 17.2 Å². The van der Waals surface area contributed by atoms with Gasteiger partial charge in [-0.1, -0.05) is 84.4 Å². The zero-order valence-electron chi connectivity index (χ0n) is 23.6. The molecule has 240 valence electrons. The second-order valence-electron chi connectivity index (χ2n) is 10.4. The van der Waals surface area contributed by atoms with Crippen molar-refractivity contribution in [3.05, 3.63) is 130 Å². The van der Waals surface area contributed by atoms with Gasteiger partial charge in [0.2, 0.25) is 0 Å². The van der Waals surface area contributed by atoms with Gasteiger partial charge in [0, 0.05) is 42.1 Å². The van der Waals surface area contributed by atoms with Crippen LogP contribution in [0.25, 0.3) is 0 Å². The summed E-state index contributed by atoms with van der Waals surface area (Å²) in [5, 5.41) is 9.10. The third kappa shape index (κ3) is 9.16.